The summed E-state index contributed by atoms with van der Waals surface area (Å²) in [6, 6.07) is 6.52. The molecule has 0 bridgehead atoms. The van der Waals surface area contributed by atoms with E-state index in [0.717, 1.165) is 18.4 Å². The molecule has 0 heterocycles. The molecular formula is C18H30O3S. The molecule has 0 fully saturated rings. The van der Waals surface area contributed by atoms with Crippen LogP contribution >= 0.6 is 0 Å². The van der Waals surface area contributed by atoms with Crippen LogP contribution in [0.5, 0.6) is 0 Å². The van der Waals surface area contributed by atoms with Gasteiger partial charge in [0, 0.05) is 0 Å². The van der Waals surface area contributed by atoms with Crippen LogP contribution in [0.25, 0.3) is 0 Å². The fraction of sp³-hybridized carbons (Fsp3) is 0.667. The Morgan fingerprint density at radius 1 is 0.773 bits per heavy atom. The second-order valence-electron chi connectivity index (χ2n) is 6.05. The number of hydrogen-bond acceptors (Lipinski definition) is 2. The number of unbranched alkanes of at least 4 members (excludes halogenated alkanes) is 9. The van der Waals surface area contributed by atoms with Gasteiger partial charge < -0.3 is 0 Å². The minimum atomic E-state index is -4.06. The Morgan fingerprint density at radius 3 is 1.68 bits per heavy atom. The summed E-state index contributed by atoms with van der Waals surface area (Å²) in [6.07, 6.45) is 14.1. The van der Waals surface area contributed by atoms with Gasteiger partial charge >= 0.3 is 0 Å². The molecule has 22 heavy (non-hydrogen) atoms. The highest BCUT2D eigenvalue weighted by molar-refractivity contribution is 7.85. The van der Waals surface area contributed by atoms with E-state index in [1.165, 1.54) is 69.9 Å². The lowest BCUT2D eigenvalue weighted by Crippen LogP contribution is -1.98. The van der Waals surface area contributed by atoms with Crippen molar-refractivity contribution in [2.75, 3.05) is 0 Å². The van der Waals surface area contributed by atoms with E-state index in [1.54, 1.807) is 12.1 Å². The Kier molecular flexibility index (Phi) is 9.41. The van der Waals surface area contributed by atoms with Crippen molar-refractivity contribution < 1.29 is 13.0 Å². The fourth-order valence-electron chi connectivity index (χ4n) is 2.64. The Balaban J connectivity index is 2.05. The van der Waals surface area contributed by atoms with Crippen LogP contribution in [0, 0.1) is 0 Å². The summed E-state index contributed by atoms with van der Waals surface area (Å²) in [4.78, 5) is -0.0284. The SMILES string of the molecule is CCCCCCCCCCCC[13c]1[13cH][13cH][13c](S(=O)(=O)O)[13cH][13cH]1. The summed E-state index contributed by atoms with van der Waals surface area (Å²) in [7, 11) is -4.06. The maximum atomic E-state index is 10.9. The zero-order chi connectivity index (χ0) is 16.3. The van der Waals surface area contributed by atoms with E-state index in [0.29, 0.717) is 0 Å². The van der Waals surface area contributed by atoms with Crippen molar-refractivity contribution in [1.29, 1.82) is 0 Å². The van der Waals surface area contributed by atoms with E-state index in [-0.39, 0.29) is 4.90 Å². The number of benzene rings is 1. The van der Waals surface area contributed by atoms with Crippen molar-refractivity contribution in [1.82, 2.24) is 0 Å². The van der Waals surface area contributed by atoms with E-state index in [2.05, 4.69) is 6.92 Å². The van der Waals surface area contributed by atoms with Crippen LogP contribution in [0.4, 0.5) is 0 Å². The van der Waals surface area contributed by atoms with Crippen LogP contribution in [0.15, 0.2) is 29.2 Å². The summed E-state index contributed by atoms with van der Waals surface area (Å²) in [5, 5.41) is 0. The third kappa shape index (κ3) is 8.54. The van der Waals surface area contributed by atoms with Crippen molar-refractivity contribution >= 4 is 10.1 Å². The maximum absolute atomic E-state index is 10.9. The molecule has 4 heteroatoms. The standard InChI is InChI=1S/C18H30O3S/c1-2-3-4-5-6-7-8-9-10-11-12-17-13-15-18(16-14-17)22(19,20)21/h13-16H,2-12H2,1H3,(H,19,20,21)/i13+1,14+1,15+1,16+1,17+1,18+1. The smallest absolute Gasteiger partial charge is 0.282 e. The highest BCUT2D eigenvalue weighted by atomic mass is 32.2. The molecule has 126 valence electrons. The van der Waals surface area contributed by atoms with Gasteiger partial charge in [0.25, 0.3) is 10.1 Å². The summed E-state index contributed by atoms with van der Waals surface area (Å²) in [6.45, 7) is 2.25. The van der Waals surface area contributed by atoms with Crippen LogP contribution in [-0.2, 0) is 16.5 Å². The van der Waals surface area contributed by atoms with Gasteiger partial charge in [-0.1, -0.05) is 76.8 Å². The highest BCUT2D eigenvalue weighted by Gasteiger charge is 2.08. The second-order valence-corrected chi connectivity index (χ2v) is 7.47. The van der Waals surface area contributed by atoms with Crippen molar-refractivity contribution in [3.63, 3.8) is 0 Å². The normalized spacial score (nSPS) is 11.7. The highest BCUT2D eigenvalue weighted by Crippen LogP contribution is 2.14. The third-order valence-corrected chi connectivity index (χ3v) is 4.91. The first-order chi connectivity index (χ1) is 10.5. The number of aryl methyl sites for hydroxylation is 1. The van der Waals surface area contributed by atoms with Crippen LogP contribution in [-0.4, -0.2) is 13.0 Å². The molecule has 0 aliphatic heterocycles. The van der Waals surface area contributed by atoms with Crippen molar-refractivity contribution in [3.8, 4) is 0 Å². The zero-order valence-electron chi connectivity index (χ0n) is 13.8. The average Bonchev–Trinajstić information content (AvgIpc) is 2.49. The molecule has 0 spiro atoms. The predicted molar refractivity (Wildman–Crippen MR) is 91.8 cm³/mol. The van der Waals surface area contributed by atoms with Crippen molar-refractivity contribution in [3.05, 3.63) is 29.8 Å². The minimum absolute atomic E-state index is 0.0284. The quantitative estimate of drug-likeness (QED) is 0.412. The molecule has 0 aliphatic carbocycles. The van der Waals surface area contributed by atoms with Gasteiger partial charge in [-0.05, 0) is 30.5 Å². The lowest BCUT2D eigenvalue weighted by Gasteiger charge is -2.04. The van der Waals surface area contributed by atoms with E-state index in [1.807, 2.05) is 0 Å². The van der Waals surface area contributed by atoms with Gasteiger partial charge in [-0.15, -0.1) is 0 Å². The van der Waals surface area contributed by atoms with Crippen LogP contribution < -0.4 is 0 Å². The summed E-state index contributed by atoms with van der Waals surface area (Å²) < 4.78 is 30.8. The first-order valence-corrected chi connectivity index (χ1v) is 10.0. The molecule has 0 saturated heterocycles. The molecule has 1 N–H and O–H groups in total. The molecule has 0 aliphatic rings. The van der Waals surface area contributed by atoms with Gasteiger partial charge in [-0.2, -0.15) is 8.42 Å². The van der Waals surface area contributed by atoms with Gasteiger partial charge in [0.15, 0.2) is 0 Å². The van der Waals surface area contributed by atoms with E-state index >= 15 is 0 Å². The summed E-state index contributed by atoms with van der Waals surface area (Å²) in [5.74, 6) is 0. The molecule has 0 unspecified atom stereocenters. The molecule has 0 amide bonds. The Labute approximate surface area is 135 Å². The average molecular weight is 332 g/mol. The minimum Gasteiger partial charge on any atom is -0.282 e. The third-order valence-electron chi connectivity index (χ3n) is 4.04. The molecule has 1 aromatic carbocycles. The monoisotopic (exact) mass is 332 g/mol. The Morgan fingerprint density at radius 2 is 1.23 bits per heavy atom. The van der Waals surface area contributed by atoms with E-state index in [4.69, 9.17) is 4.55 Å². The molecule has 0 radical (unpaired) electrons. The van der Waals surface area contributed by atoms with Gasteiger partial charge in [-0.25, -0.2) is 0 Å². The van der Waals surface area contributed by atoms with Crippen molar-refractivity contribution in [2.45, 2.75) is 82.4 Å². The lowest BCUT2D eigenvalue weighted by atomic mass is 10.1. The van der Waals surface area contributed by atoms with Gasteiger partial charge in [-0.3, -0.25) is 4.55 Å². The topological polar surface area (TPSA) is 54.4 Å². The summed E-state index contributed by atoms with van der Waals surface area (Å²) in [5.41, 5.74) is 1.13. The van der Waals surface area contributed by atoms with Crippen LogP contribution in [0.2, 0.25) is 0 Å². The second kappa shape index (κ2) is 10.8. The molecule has 0 aromatic heterocycles. The van der Waals surface area contributed by atoms with E-state index < -0.39 is 10.1 Å². The van der Waals surface area contributed by atoms with Gasteiger partial charge in [0.05, 0.1) is 4.90 Å². The van der Waals surface area contributed by atoms with E-state index in [9.17, 15) is 8.42 Å². The molecule has 0 saturated carbocycles. The molecule has 1 aromatic rings. The Hall–Kier alpha value is -0.870. The maximum Gasteiger partial charge on any atom is 0.294 e. The zero-order valence-corrected chi connectivity index (χ0v) is 14.6. The Bertz CT molecular complexity index is 492. The summed E-state index contributed by atoms with van der Waals surface area (Å²) >= 11 is 0. The number of hydrogen-bond donors (Lipinski definition) is 1. The molecule has 1 rings (SSSR count). The first kappa shape index (κ1) is 19.2. The lowest BCUT2D eigenvalue weighted by molar-refractivity contribution is 0.483. The fourth-order valence-corrected chi connectivity index (χ4v) is 3.12. The molecule has 0 atom stereocenters. The molecule has 3 nitrogen and oxygen atoms in total. The number of rotatable bonds is 12. The van der Waals surface area contributed by atoms with Crippen LogP contribution in [0.1, 0.15) is 76.7 Å². The first-order valence-electron chi connectivity index (χ1n) is 8.60. The van der Waals surface area contributed by atoms with Gasteiger partial charge in [0.2, 0.25) is 0 Å². The largest absolute Gasteiger partial charge is 0.294 e. The predicted octanol–water partition coefficient (Wildman–Crippen LogP) is 5.40. The van der Waals surface area contributed by atoms with Crippen LogP contribution in [0.3, 0.4) is 0 Å². The van der Waals surface area contributed by atoms with Gasteiger partial charge in [0.1, 0.15) is 0 Å². The molecular weight excluding hydrogens is 302 g/mol. The van der Waals surface area contributed by atoms with Crippen molar-refractivity contribution in [2.24, 2.45) is 0 Å².